The molecule has 2 aromatic carbocycles. The second kappa shape index (κ2) is 8.98. The van der Waals surface area contributed by atoms with Gasteiger partial charge in [0.2, 0.25) is 5.91 Å². The predicted octanol–water partition coefficient (Wildman–Crippen LogP) is 3.11. The zero-order valence-electron chi connectivity index (χ0n) is 15.9. The Kier molecular flexibility index (Phi) is 6.70. The van der Waals surface area contributed by atoms with Crippen molar-refractivity contribution in [3.05, 3.63) is 59.9 Å². The molecule has 2 rings (SSSR count). The molecule has 2 aromatic rings. The van der Waals surface area contributed by atoms with E-state index in [2.05, 4.69) is 21.3 Å². The minimum absolute atomic E-state index is 0.196. The molecule has 0 bridgehead atoms. The zero-order valence-corrected chi connectivity index (χ0v) is 15.9. The maximum absolute atomic E-state index is 13.0. The molecule has 0 unspecified atom stereocenters. The number of hydrogen-bond acceptors (Lipinski definition) is 4. The van der Waals surface area contributed by atoms with Crippen molar-refractivity contribution in [3.63, 3.8) is 0 Å². The quantitative estimate of drug-likeness (QED) is 0.634. The number of carbonyl (C=O) groups excluding carboxylic acids is 3. The van der Waals surface area contributed by atoms with Crippen LogP contribution >= 0.6 is 0 Å². The Morgan fingerprint density at radius 1 is 0.964 bits per heavy atom. The number of anilines is 2. The van der Waals surface area contributed by atoms with Crippen molar-refractivity contribution in [3.8, 4) is 0 Å². The van der Waals surface area contributed by atoms with Crippen LogP contribution in [0, 0.1) is 5.82 Å². The van der Waals surface area contributed by atoms with E-state index in [1.165, 1.54) is 24.3 Å². The maximum atomic E-state index is 13.0. The minimum atomic E-state index is -0.596. The Labute approximate surface area is 162 Å². The van der Waals surface area contributed by atoms with Gasteiger partial charge in [0.05, 0.1) is 12.1 Å². The van der Waals surface area contributed by atoms with Crippen molar-refractivity contribution >= 4 is 29.2 Å². The molecule has 0 saturated heterocycles. The summed E-state index contributed by atoms with van der Waals surface area (Å²) in [5.41, 5.74) is 0.702. The van der Waals surface area contributed by atoms with Crippen LogP contribution in [0.5, 0.6) is 0 Å². The highest BCUT2D eigenvalue weighted by Gasteiger charge is 2.16. The highest BCUT2D eigenvalue weighted by molar-refractivity contribution is 6.08. The van der Waals surface area contributed by atoms with Gasteiger partial charge in [0.15, 0.2) is 0 Å². The van der Waals surface area contributed by atoms with E-state index >= 15 is 0 Å². The number of amides is 4. The van der Waals surface area contributed by atoms with Gasteiger partial charge < -0.3 is 16.0 Å². The van der Waals surface area contributed by atoms with Gasteiger partial charge in [0.25, 0.3) is 5.91 Å². The van der Waals surface area contributed by atoms with Crippen molar-refractivity contribution in [2.75, 3.05) is 17.2 Å². The molecule has 0 aromatic heterocycles. The van der Waals surface area contributed by atoms with E-state index in [-0.39, 0.29) is 6.54 Å². The highest BCUT2D eigenvalue weighted by Crippen LogP contribution is 2.17. The first kappa shape index (κ1) is 20.9. The van der Waals surface area contributed by atoms with E-state index in [9.17, 15) is 18.8 Å². The Morgan fingerprint density at radius 2 is 1.61 bits per heavy atom. The Hall–Kier alpha value is -3.42. The normalized spacial score (nSPS) is 10.7. The molecule has 148 valence electrons. The molecule has 28 heavy (non-hydrogen) atoms. The molecule has 0 spiro atoms. The number of imide groups is 1. The van der Waals surface area contributed by atoms with Crippen LogP contribution in [-0.4, -0.2) is 29.9 Å². The lowest BCUT2D eigenvalue weighted by Gasteiger charge is -2.20. The third-order valence-electron chi connectivity index (χ3n) is 3.45. The number of carbonyl (C=O) groups is 3. The molecule has 0 aliphatic carbocycles. The fourth-order valence-corrected chi connectivity index (χ4v) is 2.29. The van der Waals surface area contributed by atoms with Crippen LogP contribution in [-0.2, 0) is 4.79 Å². The Balaban J connectivity index is 1.97. The van der Waals surface area contributed by atoms with Crippen LogP contribution in [0.3, 0.4) is 0 Å². The standard InChI is InChI=1S/C20H23FN4O3/c1-20(2,3)25-19(28)24-17(26)12-22-16-7-5-4-6-15(16)18(27)23-14-10-8-13(21)9-11-14/h4-11,22H,12H2,1-3H3,(H,23,27)(H2,24,25,26,28). The number of rotatable bonds is 5. The van der Waals surface area contributed by atoms with Crippen LogP contribution in [0.2, 0.25) is 0 Å². The molecule has 0 aliphatic rings. The summed E-state index contributed by atoms with van der Waals surface area (Å²) in [7, 11) is 0. The molecule has 0 heterocycles. The van der Waals surface area contributed by atoms with E-state index in [0.29, 0.717) is 16.9 Å². The van der Waals surface area contributed by atoms with Gasteiger partial charge in [-0.05, 0) is 57.2 Å². The largest absolute Gasteiger partial charge is 0.375 e. The van der Waals surface area contributed by atoms with Crippen molar-refractivity contribution in [1.82, 2.24) is 10.6 Å². The third kappa shape index (κ3) is 6.71. The average Bonchev–Trinajstić information content (AvgIpc) is 2.60. The van der Waals surface area contributed by atoms with Gasteiger partial charge in [0, 0.05) is 16.9 Å². The summed E-state index contributed by atoms with van der Waals surface area (Å²) in [6.45, 7) is 5.19. The minimum Gasteiger partial charge on any atom is -0.375 e. The summed E-state index contributed by atoms with van der Waals surface area (Å²) >= 11 is 0. The molecule has 0 fully saturated rings. The van der Waals surface area contributed by atoms with Gasteiger partial charge in [-0.1, -0.05) is 12.1 Å². The predicted molar refractivity (Wildman–Crippen MR) is 106 cm³/mol. The van der Waals surface area contributed by atoms with Gasteiger partial charge in [-0.3, -0.25) is 14.9 Å². The first-order valence-corrected chi connectivity index (χ1v) is 8.66. The molecular formula is C20H23FN4O3. The molecule has 0 radical (unpaired) electrons. The molecule has 4 N–H and O–H groups in total. The SMILES string of the molecule is CC(C)(C)NC(=O)NC(=O)CNc1ccccc1C(=O)Nc1ccc(F)cc1. The van der Waals surface area contributed by atoms with Gasteiger partial charge in [-0.15, -0.1) is 0 Å². The first-order valence-electron chi connectivity index (χ1n) is 8.66. The molecule has 0 atom stereocenters. The average molecular weight is 386 g/mol. The fraction of sp³-hybridized carbons (Fsp3) is 0.250. The number of hydrogen-bond donors (Lipinski definition) is 4. The lowest BCUT2D eigenvalue weighted by atomic mass is 10.1. The monoisotopic (exact) mass is 386 g/mol. The highest BCUT2D eigenvalue weighted by atomic mass is 19.1. The van der Waals surface area contributed by atoms with Crippen LogP contribution in [0.1, 0.15) is 31.1 Å². The zero-order chi connectivity index (χ0) is 20.7. The van der Waals surface area contributed by atoms with E-state index in [4.69, 9.17) is 0 Å². The molecular weight excluding hydrogens is 363 g/mol. The van der Waals surface area contributed by atoms with Gasteiger partial charge in [-0.2, -0.15) is 0 Å². The number of halogens is 1. The van der Waals surface area contributed by atoms with E-state index in [1.54, 1.807) is 45.0 Å². The second-order valence-corrected chi connectivity index (χ2v) is 7.11. The summed E-state index contributed by atoms with van der Waals surface area (Å²) in [6.07, 6.45) is 0. The number of para-hydroxylation sites is 1. The van der Waals surface area contributed by atoms with Crippen LogP contribution < -0.4 is 21.3 Å². The van der Waals surface area contributed by atoms with Crippen molar-refractivity contribution in [2.24, 2.45) is 0 Å². The molecule has 8 heteroatoms. The van der Waals surface area contributed by atoms with E-state index < -0.39 is 29.2 Å². The first-order chi connectivity index (χ1) is 13.1. The molecule has 0 saturated carbocycles. The second-order valence-electron chi connectivity index (χ2n) is 7.11. The van der Waals surface area contributed by atoms with E-state index in [1.807, 2.05) is 0 Å². The van der Waals surface area contributed by atoms with Crippen LogP contribution in [0.4, 0.5) is 20.6 Å². The summed E-state index contributed by atoms with van der Waals surface area (Å²) < 4.78 is 13.0. The lowest BCUT2D eigenvalue weighted by Crippen LogP contribution is -2.49. The summed E-state index contributed by atoms with van der Waals surface area (Å²) in [4.78, 5) is 36.2. The third-order valence-corrected chi connectivity index (χ3v) is 3.45. The van der Waals surface area contributed by atoms with Gasteiger partial charge >= 0.3 is 6.03 Å². The van der Waals surface area contributed by atoms with Crippen molar-refractivity contribution in [1.29, 1.82) is 0 Å². The van der Waals surface area contributed by atoms with Crippen molar-refractivity contribution < 1.29 is 18.8 Å². The number of urea groups is 1. The molecule has 7 nitrogen and oxygen atoms in total. The van der Waals surface area contributed by atoms with Gasteiger partial charge in [0.1, 0.15) is 5.82 Å². The Bertz CT molecular complexity index is 860. The maximum Gasteiger partial charge on any atom is 0.321 e. The topological polar surface area (TPSA) is 99.3 Å². The molecule has 4 amide bonds. The van der Waals surface area contributed by atoms with Gasteiger partial charge in [-0.25, -0.2) is 9.18 Å². The summed E-state index contributed by atoms with van der Waals surface area (Å²) in [6, 6.07) is 11.4. The summed E-state index contributed by atoms with van der Waals surface area (Å²) in [5, 5.41) is 10.3. The molecule has 0 aliphatic heterocycles. The smallest absolute Gasteiger partial charge is 0.321 e. The Morgan fingerprint density at radius 3 is 2.25 bits per heavy atom. The summed E-state index contributed by atoms with van der Waals surface area (Å²) in [5.74, 6) is -1.36. The number of nitrogens with one attached hydrogen (secondary N) is 4. The number of benzene rings is 2. The van der Waals surface area contributed by atoms with Crippen LogP contribution in [0.15, 0.2) is 48.5 Å². The lowest BCUT2D eigenvalue weighted by molar-refractivity contribution is -0.118. The van der Waals surface area contributed by atoms with E-state index in [0.717, 1.165) is 0 Å². The fourth-order valence-electron chi connectivity index (χ4n) is 2.29. The van der Waals surface area contributed by atoms with Crippen molar-refractivity contribution in [2.45, 2.75) is 26.3 Å². The van der Waals surface area contributed by atoms with Crippen LogP contribution in [0.25, 0.3) is 0 Å².